The number of carbonyl (C=O) groups is 1. The molecule has 1 amide bonds. The molecule has 2 heterocycles. The lowest BCUT2D eigenvalue weighted by atomic mass is 10.2. The van der Waals surface area contributed by atoms with Crippen molar-refractivity contribution in [1.29, 1.82) is 0 Å². The van der Waals surface area contributed by atoms with Gasteiger partial charge in [0.15, 0.2) is 0 Å². The molecule has 0 spiro atoms. The molecule has 1 aliphatic heterocycles. The fourth-order valence-corrected chi connectivity index (χ4v) is 4.40. The highest BCUT2D eigenvalue weighted by Crippen LogP contribution is 2.17. The summed E-state index contributed by atoms with van der Waals surface area (Å²) in [5.41, 5.74) is -0.0241. The van der Waals surface area contributed by atoms with Gasteiger partial charge in [-0.05, 0) is 30.7 Å². The molecule has 3 rings (SSSR count). The van der Waals surface area contributed by atoms with Gasteiger partial charge in [0.05, 0.1) is 6.20 Å². The summed E-state index contributed by atoms with van der Waals surface area (Å²) in [7, 11) is -2.04. The minimum atomic E-state index is -3.68. The fraction of sp³-hybridized carbons (Fsp3) is 0.333. The normalized spacial score (nSPS) is 16.5. The van der Waals surface area contributed by atoms with Crippen LogP contribution in [-0.4, -0.2) is 59.5 Å². The topological polar surface area (TPSA) is 75.5 Å². The van der Waals surface area contributed by atoms with Gasteiger partial charge in [0.2, 0.25) is 15.9 Å². The zero-order valence-electron chi connectivity index (χ0n) is 15.3. The van der Waals surface area contributed by atoms with E-state index in [2.05, 4.69) is 5.10 Å². The number of amides is 1. The Bertz CT molecular complexity index is 1000. The predicted octanol–water partition coefficient (Wildman–Crippen LogP) is 1.63. The third-order valence-corrected chi connectivity index (χ3v) is 6.30. The summed E-state index contributed by atoms with van der Waals surface area (Å²) in [4.78, 5) is 14.0. The second-order valence-corrected chi connectivity index (χ2v) is 8.37. The Balaban J connectivity index is 1.67. The van der Waals surface area contributed by atoms with Gasteiger partial charge in [0.25, 0.3) is 0 Å². The van der Waals surface area contributed by atoms with E-state index in [9.17, 15) is 22.0 Å². The van der Waals surface area contributed by atoms with Crippen LogP contribution in [0.2, 0.25) is 0 Å². The van der Waals surface area contributed by atoms with Crippen molar-refractivity contribution in [2.75, 3.05) is 26.2 Å². The first-order valence-corrected chi connectivity index (χ1v) is 10.1. The van der Waals surface area contributed by atoms with E-state index in [1.54, 1.807) is 7.05 Å². The van der Waals surface area contributed by atoms with E-state index in [4.69, 9.17) is 0 Å². The van der Waals surface area contributed by atoms with Gasteiger partial charge >= 0.3 is 0 Å². The lowest BCUT2D eigenvalue weighted by Gasteiger charge is -2.20. The Morgan fingerprint density at radius 1 is 1.18 bits per heavy atom. The average Bonchev–Trinajstić information content (AvgIpc) is 2.94. The van der Waals surface area contributed by atoms with Crippen LogP contribution in [0.25, 0.3) is 6.08 Å². The summed E-state index contributed by atoms with van der Waals surface area (Å²) < 4.78 is 55.0. The molecule has 1 saturated heterocycles. The van der Waals surface area contributed by atoms with Gasteiger partial charge in [0, 0.05) is 51.1 Å². The van der Waals surface area contributed by atoms with Crippen molar-refractivity contribution in [3.05, 3.63) is 53.9 Å². The van der Waals surface area contributed by atoms with Crippen LogP contribution in [0.5, 0.6) is 0 Å². The van der Waals surface area contributed by atoms with Crippen molar-refractivity contribution in [2.45, 2.75) is 11.3 Å². The summed E-state index contributed by atoms with van der Waals surface area (Å²) in [6.07, 6.45) is 5.57. The van der Waals surface area contributed by atoms with Crippen LogP contribution in [0.3, 0.4) is 0 Å². The monoisotopic (exact) mass is 410 g/mol. The van der Waals surface area contributed by atoms with Crippen LogP contribution in [-0.2, 0) is 21.9 Å². The third kappa shape index (κ3) is 4.45. The van der Waals surface area contributed by atoms with Crippen molar-refractivity contribution in [3.8, 4) is 0 Å². The molecule has 0 N–H and O–H groups in total. The zero-order chi connectivity index (χ0) is 20.3. The second-order valence-electron chi connectivity index (χ2n) is 6.43. The van der Waals surface area contributed by atoms with E-state index in [-0.39, 0.29) is 36.0 Å². The second kappa shape index (κ2) is 8.19. The fourth-order valence-electron chi connectivity index (χ4n) is 2.94. The largest absolute Gasteiger partial charge is 0.338 e. The molecule has 10 heteroatoms. The van der Waals surface area contributed by atoms with Crippen LogP contribution in [0.15, 0.2) is 41.6 Å². The van der Waals surface area contributed by atoms with Gasteiger partial charge in [-0.3, -0.25) is 9.48 Å². The van der Waals surface area contributed by atoms with Crippen molar-refractivity contribution in [1.82, 2.24) is 19.0 Å². The molecule has 2 aromatic rings. The van der Waals surface area contributed by atoms with Crippen molar-refractivity contribution in [3.63, 3.8) is 0 Å². The minimum Gasteiger partial charge on any atom is -0.338 e. The Morgan fingerprint density at radius 3 is 2.68 bits per heavy atom. The van der Waals surface area contributed by atoms with E-state index >= 15 is 0 Å². The highest BCUT2D eigenvalue weighted by molar-refractivity contribution is 7.89. The molecule has 0 radical (unpaired) electrons. The minimum absolute atomic E-state index is 0.0241. The molecule has 28 heavy (non-hydrogen) atoms. The Morgan fingerprint density at radius 2 is 1.96 bits per heavy atom. The summed E-state index contributed by atoms with van der Waals surface area (Å²) >= 11 is 0. The highest BCUT2D eigenvalue weighted by Gasteiger charge is 2.28. The number of hydrogen-bond acceptors (Lipinski definition) is 4. The van der Waals surface area contributed by atoms with Crippen LogP contribution in [0, 0.1) is 11.6 Å². The van der Waals surface area contributed by atoms with Crippen LogP contribution in [0.1, 0.15) is 12.0 Å². The number of aryl methyl sites for hydroxylation is 1. The van der Waals surface area contributed by atoms with Gasteiger partial charge < -0.3 is 4.90 Å². The molecular weight excluding hydrogens is 390 g/mol. The predicted molar refractivity (Wildman–Crippen MR) is 98.6 cm³/mol. The van der Waals surface area contributed by atoms with Gasteiger partial charge in [-0.2, -0.15) is 9.40 Å². The lowest BCUT2D eigenvalue weighted by Crippen LogP contribution is -2.36. The van der Waals surface area contributed by atoms with Crippen LogP contribution < -0.4 is 0 Å². The number of carbonyl (C=O) groups excluding carboxylic acids is 1. The van der Waals surface area contributed by atoms with Gasteiger partial charge in [-0.15, -0.1) is 0 Å². The zero-order valence-corrected chi connectivity index (χ0v) is 16.1. The molecule has 0 saturated carbocycles. The van der Waals surface area contributed by atoms with E-state index in [1.165, 1.54) is 38.4 Å². The first-order valence-electron chi connectivity index (χ1n) is 8.68. The van der Waals surface area contributed by atoms with Gasteiger partial charge in [-0.25, -0.2) is 17.2 Å². The Labute approximate surface area is 161 Å². The summed E-state index contributed by atoms with van der Waals surface area (Å²) in [5.74, 6) is -1.61. The maximum absolute atomic E-state index is 13.6. The molecular formula is C18H20F2N4O3S. The molecule has 0 bridgehead atoms. The first-order chi connectivity index (χ1) is 13.3. The van der Waals surface area contributed by atoms with Gasteiger partial charge in [-0.1, -0.05) is 0 Å². The van der Waals surface area contributed by atoms with E-state index in [1.807, 2.05) is 0 Å². The number of nitrogens with zero attached hydrogens (tertiary/aromatic N) is 4. The molecule has 1 aromatic heterocycles. The molecule has 150 valence electrons. The Kier molecular flexibility index (Phi) is 5.90. The standard InChI is InChI=1S/C18H20F2N4O3S/c1-22-13-16(12-21-22)28(26,27)24-8-2-7-23(9-10-24)18(25)6-3-14-11-15(19)4-5-17(14)20/h3-6,11-13H,2,7-10H2,1H3/b6-3+. The third-order valence-electron chi connectivity index (χ3n) is 4.45. The Hall–Kier alpha value is -2.59. The number of benzene rings is 1. The summed E-state index contributed by atoms with van der Waals surface area (Å²) in [5, 5.41) is 3.89. The molecule has 1 aliphatic rings. The lowest BCUT2D eigenvalue weighted by molar-refractivity contribution is -0.125. The van der Waals surface area contributed by atoms with Crippen molar-refractivity contribution >= 4 is 22.0 Å². The molecule has 0 aliphatic carbocycles. The van der Waals surface area contributed by atoms with E-state index in [0.717, 1.165) is 18.2 Å². The summed E-state index contributed by atoms with van der Waals surface area (Å²) in [6, 6.07) is 3.00. The first kappa shape index (κ1) is 20.2. The number of sulfonamides is 1. The quantitative estimate of drug-likeness (QED) is 0.718. The molecule has 0 unspecified atom stereocenters. The summed E-state index contributed by atoms with van der Waals surface area (Å²) in [6.45, 7) is 0.997. The highest BCUT2D eigenvalue weighted by atomic mass is 32.2. The van der Waals surface area contributed by atoms with Crippen LogP contribution in [0.4, 0.5) is 8.78 Å². The van der Waals surface area contributed by atoms with Gasteiger partial charge in [0.1, 0.15) is 16.5 Å². The van der Waals surface area contributed by atoms with Crippen molar-refractivity contribution in [2.24, 2.45) is 7.05 Å². The number of hydrogen-bond donors (Lipinski definition) is 0. The SMILES string of the molecule is Cn1cc(S(=O)(=O)N2CCCN(C(=O)/C=C/c3cc(F)ccc3F)CC2)cn1. The average molecular weight is 410 g/mol. The maximum Gasteiger partial charge on any atom is 0.246 e. The molecule has 1 fully saturated rings. The smallest absolute Gasteiger partial charge is 0.246 e. The maximum atomic E-state index is 13.6. The van der Waals surface area contributed by atoms with Crippen LogP contribution >= 0.6 is 0 Å². The van der Waals surface area contributed by atoms with E-state index < -0.39 is 21.7 Å². The number of aromatic nitrogens is 2. The number of rotatable bonds is 4. The molecule has 0 atom stereocenters. The van der Waals surface area contributed by atoms with Crippen molar-refractivity contribution < 1.29 is 22.0 Å². The van der Waals surface area contributed by atoms with E-state index in [0.29, 0.717) is 13.0 Å². The molecule has 7 nitrogen and oxygen atoms in total. The molecule has 1 aromatic carbocycles. The number of halogens is 2.